The smallest absolute Gasteiger partial charge is 0.305 e. The van der Waals surface area contributed by atoms with Crippen LogP contribution in [0.4, 0.5) is 0 Å². The third-order valence-corrected chi connectivity index (χ3v) is 5.66. The first kappa shape index (κ1) is 14.5. The summed E-state index contributed by atoms with van der Waals surface area (Å²) in [6.45, 7) is 4.54. The van der Waals surface area contributed by atoms with Gasteiger partial charge < -0.3 is 4.74 Å². The Hall–Kier alpha value is -0.860. The highest BCUT2D eigenvalue weighted by Crippen LogP contribution is 2.57. The fourth-order valence-corrected chi connectivity index (χ4v) is 4.55. The van der Waals surface area contributed by atoms with Gasteiger partial charge in [-0.2, -0.15) is 0 Å². The van der Waals surface area contributed by atoms with E-state index in [0.717, 1.165) is 32.1 Å². The molecule has 108 valence electrons. The summed E-state index contributed by atoms with van der Waals surface area (Å²) >= 11 is 0. The first-order chi connectivity index (χ1) is 8.99. The zero-order valence-corrected chi connectivity index (χ0v) is 12.4. The van der Waals surface area contributed by atoms with Gasteiger partial charge in [-0.3, -0.25) is 9.59 Å². The van der Waals surface area contributed by atoms with Crippen molar-refractivity contribution in [2.24, 2.45) is 23.2 Å². The summed E-state index contributed by atoms with van der Waals surface area (Å²) in [5, 5.41) is 0. The molecule has 0 bridgehead atoms. The number of carbonyl (C=O) groups is 2. The van der Waals surface area contributed by atoms with Crippen molar-refractivity contribution in [3.8, 4) is 0 Å². The number of Topliss-reactive ketones (excluding diaryl/α,β-unsaturated/α-hetero) is 1. The Balaban J connectivity index is 2.00. The highest BCUT2D eigenvalue weighted by atomic mass is 16.5. The van der Waals surface area contributed by atoms with Crippen LogP contribution in [0.5, 0.6) is 0 Å². The van der Waals surface area contributed by atoms with Crippen LogP contribution in [0, 0.1) is 23.2 Å². The van der Waals surface area contributed by atoms with E-state index in [9.17, 15) is 9.59 Å². The molecule has 2 aliphatic rings. The highest BCUT2D eigenvalue weighted by Gasteiger charge is 2.52. The Morgan fingerprint density at radius 2 is 2.21 bits per heavy atom. The molecule has 1 unspecified atom stereocenters. The third-order valence-electron chi connectivity index (χ3n) is 5.66. The average Bonchev–Trinajstić information content (AvgIpc) is 2.74. The molecule has 3 heteroatoms. The van der Waals surface area contributed by atoms with E-state index >= 15 is 0 Å². The second kappa shape index (κ2) is 5.64. The zero-order chi connectivity index (χ0) is 14.0. The fourth-order valence-electron chi connectivity index (χ4n) is 4.55. The summed E-state index contributed by atoms with van der Waals surface area (Å²) < 4.78 is 4.72. The predicted molar refractivity (Wildman–Crippen MR) is 73.6 cm³/mol. The van der Waals surface area contributed by atoms with Crippen molar-refractivity contribution >= 4 is 11.8 Å². The summed E-state index contributed by atoms with van der Waals surface area (Å²) in [7, 11) is 1.44. The first-order valence-corrected chi connectivity index (χ1v) is 7.58. The van der Waals surface area contributed by atoms with Crippen molar-refractivity contribution in [2.45, 2.75) is 58.8 Å². The molecule has 0 heterocycles. The lowest BCUT2D eigenvalue weighted by atomic mass is 9.62. The number of methoxy groups -OCH3 is 1. The lowest BCUT2D eigenvalue weighted by Crippen LogP contribution is -2.39. The molecule has 3 nitrogen and oxygen atoms in total. The fraction of sp³-hybridized carbons (Fsp3) is 0.875. The van der Waals surface area contributed by atoms with Crippen LogP contribution in [0.25, 0.3) is 0 Å². The molecule has 0 radical (unpaired) electrons. The van der Waals surface area contributed by atoms with E-state index in [1.54, 1.807) is 0 Å². The number of carbonyl (C=O) groups excluding carboxylic acids is 2. The van der Waals surface area contributed by atoms with Gasteiger partial charge in [0, 0.05) is 18.8 Å². The molecule has 2 rings (SSSR count). The summed E-state index contributed by atoms with van der Waals surface area (Å²) in [5.74, 6) is 1.74. The summed E-state index contributed by atoms with van der Waals surface area (Å²) in [6.07, 6.45) is 6.60. The van der Waals surface area contributed by atoms with Gasteiger partial charge in [0.1, 0.15) is 5.78 Å². The Bertz CT molecular complexity index is 363. The van der Waals surface area contributed by atoms with Crippen LogP contribution in [0.15, 0.2) is 0 Å². The van der Waals surface area contributed by atoms with Gasteiger partial charge in [-0.15, -0.1) is 0 Å². The van der Waals surface area contributed by atoms with Crippen LogP contribution >= 0.6 is 0 Å². The molecular formula is C16H26O3. The van der Waals surface area contributed by atoms with E-state index in [0.29, 0.717) is 24.0 Å². The second-order valence-electron chi connectivity index (χ2n) is 6.65. The van der Waals surface area contributed by atoms with Crippen molar-refractivity contribution in [1.82, 2.24) is 0 Å². The van der Waals surface area contributed by atoms with Crippen LogP contribution in [-0.4, -0.2) is 18.9 Å². The second-order valence-corrected chi connectivity index (χ2v) is 6.65. The molecule has 4 atom stereocenters. The lowest BCUT2D eigenvalue weighted by molar-refractivity contribution is -0.141. The quantitative estimate of drug-likeness (QED) is 0.733. The monoisotopic (exact) mass is 266 g/mol. The molecule has 0 amide bonds. The minimum Gasteiger partial charge on any atom is -0.469 e. The lowest BCUT2D eigenvalue weighted by Gasteiger charge is -2.42. The third kappa shape index (κ3) is 2.70. The number of hydrogen-bond acceptors (Lipinski definition) is 3. The SMILES string of the molecule is COC(=O)CC[C@@H](C)[C@H]1CCC2C(=O)CCC[C@@]21C. The molecule has 0 aromatic rings. The average molecular weight is 266 g/mol. The van der Waals surface area contributed by atoms with Gasteiger partial charge in [-0.25, -0.2) is 0 Å². The van der Waals surface area contributed by atoms with Gasteiger partial charge in [-0.1, -0.05) is 13.8 Å². The van der Waals surface area contributed by atoms with E-state index in [-0.39, 0.29) is 17.3 Å². The zero-order valence-electron chi connectivity index (χ0n) is 12.4. The number of esters is 1. The van der Waals surface area contributed by atoms with Crippen LogP contribution < -0.4 is 0 Å². The van der Waals surface area contributed by atoms with Crippen LogP contribution in [0.2, 0.25) is 0 Å². The molecule has 0 aromatic heterocycles. The largest absolute Gasteiger partial charge is 0.469 e. The standard InChI is InChI=1S/C16H26O3/c1-11(6-9-15(18)19-3)12-7-8-13-14(17)5-4-10-16(12,13)2/h11-13H,4-10H2,1-3H3/t11-,12-,13?,16-/m1/s1. The van der Waals surface area contributed by atoms with Gasteiger partial charge in [0.2, 0.25) is 0 Å². The topological polar surface area (TPSA) is 43.4 Å². The molecule has 0 saturated heterocycles. The normalized spacial score (nSPS) is 35.8. The van der Waals surface area contributed by atoms with Crippen molar-refractivity contribution < 1.29 is 14.3 Å². The van der Waals surface area contributed by atoms with Gasteiger partial charge in [0.15, 0.2) is 0 Å². The van der Waals surface area contributed by atoms with E-state index in [1.165, 1.54) is 13.5 Å². The van der Waals surface area contributed by atoms with Crippen molar-refractivity contribution in [3.05, 3.63) is 0 Å². The highest BCUT2D eigenvalue weighted by molar-refractivity contribution is 5.83. The number of fused-ring (bicyclic) bond motifs is 1. The minimum absolute atomic E-state index is 0.119. The number of hydrogen-bond donors (Lipinski definition) is 0. The van der Waals surface area contributed by atoms with Gasteiger partial charge in [0.25, 0.3) is 0 Å². The minimum atomic E-state index is -0.119. The van der Waals surface area contributed by atoms with Crippen LogP contribution in [-0.2, 0) is 14.3 Å². The van der Waals surface area contributed by atoms with E-state index < -0.39 is 0 Å². The van der Waals surface area contributed by atoms with E-state index in [2.05, 4.69) is 13.8 Å². The molecule has 0 aliphatic heterocycles. The maximum atomic E-state index is 12.1. The Morgan fingerprint density at radius 1 is 1.47 bits per heavy atom. The van der Waals surface area contributed by atoms with Crippen molar-refractivity contribution in [3.63, 3.8) is 0 Å². The molecular weight excluding hydrogens is 240 g/mol. The summed E-state index contributed by atoms with van der Waals surface area (Å²) in [5.41, 5.74) is 0.185. The Kier molecular flexibility index (Phi) is 4.32. The van der Waals surface area contributed by atoms with Crippen molar-refractivity contribution in [2.75, 3.05) is 7.11 Å². The maximum Gasteiger partial charge on any atom is 0.305 e. The van der Waals surface area contributed by atoms with Crippen LogP contribution in [0.1, 0.15) is 58.8 Å². The maximum absolute atomic E-state index is 12.1. The number of ether oxygens (including phenoxy) is 1. The molecule has 2 aliphatic carbocycles. The number of ketones is 1. The molecule has 19 heavy (non-hydrogen) atoms. The molecule has 2 fully saturated rings. The molecule has 0 spiro atoms. The van der Waals surface area contributed by atoms with Crippen LogP contribution in [0.3, 0.4) is 0 Å². The summed E-state index contributed by atoms with van der Waals surface area (Å²) in [6, 6.07) is 0. The van der Waals surface area contributed by atoms with Gasteiger partial charge in [-0.05, 0) is 49.4 Å². The molecule has 2 saturated carbocycles. The Labute approximate surface area is 116 Å². The number of rotatable bonds is 4. The first-order valence-electron chi connectivity index (χ1n) is 7.58. The predicted octanol–water partition coefficient (Wildman–Crippen LogP) is 3.36. The Morgan fingerprint density at radius 3 is 2.89 bits per heavy atom. The molecule has 0 N–H and O–H groups in total. The van der Waals surface area contributed by atoms with E-state index in [1.807, 2.05) is 0 Å². The molecule has 0 aromatic carbocycles. The van der Waals surface area contributed by atoms with E-state index in [4.69, 9.17) is 4.74 Å². The summed E-state index contributed by atoms with van der Waals surface area (Å²) in [4.78, 5) is 23.4. The van der Waals surface area contributed by atoms with Crippen molar-refractivity contribution in [1.29, 1.82) is 0 Å². The van der Waals surface area contributed by atoms with Gasteiger partial charge >= 0.3 is 5.97 Å². The van der Waals surface area contributed by atoms with Gasteiger partial charge in [0.05, 0.1) is 7.11 Å².